The van der Waals surface area contributed by atoms with Crippen LogP contribution in [0, 0.1) is 5.82 Å². The second-order valence-corrected chi connectivity index (χ2v) is 4.70. The zero-order chi connectivity index (χ0) is 13.1. The van der Waals surface area contributed by atoms with Crippen molar-refractivity contribution in [3.8, 4) is 0 Å². The van der Waals surface area contributed by atoms with Gasteiger partial charge in [-0.1, -0.05) is 29.3 Å². The Bertz CT molecular complexity index is 543. The van der Waals surface area contributed by atoms with Crippen molar-refractivity contribution in [3.05, 3.63) is 58.1 Å². The SMILES string of the molecule is CC(Nc1ccc(Cl)nc1)c1ccc(F)cc1Cl. The third-order valence-electron chi connectivity index (χ3n) is 2.54. The van der Waals surface area contributed by atoms with Gasteiger partial charge in [-0.3, -0.25) is 0 Å². The molecule has 0 aliphatic carbocycles. The van der Waals surface area contributed by atoms with Crippen LogP contribution in [0.5, 0.6) is 0 Å². The van der Waals surface area contributed by atoms with Crippen LogP contribution in [-0.2, 0) is 0 Å². The summed E-state index contributed by atoms with van der Waals surface area (Å²) in [6, 6.07) is 7.82. The quantitative estimate of drug-likeness (QED) is 0.827. The number of halogens is 3. The number of aromatic nitrogens is 1. The maximum absolute atomic E-state index is 13.0. The minimum absolute atomic E-state index is 0.0546. The molecule has 0 fully saturated rings. The molecule has 18 heavy (non-hydrogen) atoms. The summed E-state index contributed by atoms with van der Waals surface area (Å²) in [5, 5.41) is 4.06. The van der Waals surface area contributed by atoms with Crippen molar-refractivity contribution in [1.82, 2.24) is 4.98 Å². The Morgan fingerprint density at radius 2 is 2.00 bits per heavy atom. The van der Waals surface area contributed by atoms with Gasteiger partial charge in [-0.05, 0) is 36.8 Å². The van der Waals surface area contributed by atoms with E-state index in [4.69, 9.17) is 23.2 Å². The number of hydrogen-bond donors (Lipinski definition) is 1. The summed E-state index contributed by atoms with van der Waals surface area (Å²) >= 11 is 11.7. The van der Waals surface area contributed by atoms with E-state index in [2.05, 4.69) is 10.3 Å². The number of pyridine rings is 1. The lowest BCUT2D eigenvalue weighted by Crippen LogP contribution is -2.07. The molecule has 0 amide bonds. The summed E-state index contributed by atoms with van der Waals surface area (Å²) in [5.41, 5.74) is 1.65. The molecule has 0 aliphatic heterocycles. The van der Waals surface area contributed by atoms with Crippen LogP contribution in [0.25, 0.3) is 0 Å². The van der Waals surface area contributed by atoms with Crippen molar-refractivity contribution in [1.29, 1.82) is 0 Å². The summed E-state index contributed by atoms with van der Waals surface area (Å²) in [4.78, 5) is 3.97. The van der Waals surface area contributed by atoms with E-state index in [9.17, 15) is 4.39 Å². The van der Waals surface area contributed by atoms with Crippen LogP contribution in [0.3, 0.4) is 0 Å². The van der Waals surface area contributed by atoms with Gasteiger partial charge in [-0.2, -0.15) is 0 Å². The maximum Gasteiger partial charge on any atom is 0.129 e. The Morgan fingerprint density at radius 3 is 2.61 bits per heavy atom. The van der Waals surface area contributed by atoms with Crippen LogP contribution in [0.2, 0.25) is 10.2 Å². The highest BCUT2D eigenvalue weighted by molar-refractivity contribution is 6.31. The van der Waals surface area contributed by atoms with E-state index in [0.29, 0.717) is 10.2 Å². The van der Waals surface area contributed by atoms with Gasteiger partial charge >= 0.3 is 0 Å². The molecule has 1 aromatic heterocycles. The van der Waals surface area contributed by atoms with Gasteiger partial charge in [0.15, 0.2) is 0 Å². The van der Waals surface area contributed by atoms with Gasteiger partial charge in [-0.25, -0.2) is 9.37 Å². The third-order valence-corrected chi connectivity index (χ3v) is 3.09. The first-order chi connectivity index (χ1) is 8.56. The second-order valence-electron chi connectivity index (χ2n) is 3.90. The molecule has 1 heterocycles. The van der Waals surface area contributed by atoms with Crippen molar-refractivity contribution in [2.45, 2.75) is 13.0 Å². The highest BCUT2D eigenvalue weighted by atomic mass is 35.5. The third kappa shape index (κ3) is 3.12. The van der Waals surface area contributed by atoms with Crippen molar-refractivity contribution < 1.29 is 4.39 Å². The molecule has 2 rings (SSSR count). The first-order valence-corrected chi connectivity index (χ1v) is 6.15. The lowest BCUT2D eigenvalue weighted by molar-refractivity contribution is 0.626. The summed E-state index contributed by atoms with van der Waals surface area (Å²) < 4.78 is 13.0. The van der Waals surface area contributed by atoms with Crippen molar-refractivity contribution in [2.75, 3.05) is 5.32 Å². The van der Waals surface area contributed by atoms with Crippen molar-refractivity contribution in [3.63, 3.8) is 0 Å². The van der Waals surface area contributed by atoms with Gasteiger partial charge < -0.3 is 5.32 Å². The molecule has 1 unspecified atom stereocenters. The maximum atomic E-state index is 13.0. The molecule has 0 bridgehead atoms. The molecule has 94 valence electrons. The first-order valence-electron chi connectivity index (χ1n) is 5.39. The second kappa shape index (κ2) is 5.55. The van der Waals surface area contributed by atoms with Gasteiger partial charge in [0.2, 0.25) is 0 Å². The van der Waals surface area contributed by atoms with Crippen LogP contribution >= 0.6 is 23.2 Å². The fraction of sp³-hybridized carbons (Fsp3) is 0.154. The number of rotatable bonds is 3. The fourth-order valence-corrected chi connectivity index (χ4v) is 2.08. The summed E-state index contributed by atoms with van der Waals surface area (Å²) in [6.45, 7) is 1.94. The van der Waals surface area contributed by atoms with Crippen LogP contribution in [0.1, 0.15) is 18.5 Å². The Balaban J connectivity index is 2.16. The molecule has 0 aliphatic rings. The zero-order valence-corrected chi connectivity index (χ0v) is 11.1. The van der Waals surface area contributed by atoms with Gasteiger partial charge in [0, 0.05) is 5.02 Å². The number of hydrogen-bond acceptors (Lipinski definition) is 2. The molecule has 0 radical (unpaired) electrons. The molecule has 1 N–H and O–H groups in total. The highest BCUT2D eigenvalue weighted by Crippen LogP contribution is 2.26. The monoisotopic (exact) mass is 284 g/mol. The van der Waals surface area contributed by atoms with Gasteiger partial charge in [0.1, 0.15) is 11.0 Å². The van der Waals surface area contributed by atoms with Crippen molar-refractivity contribution >= 4 is 28.9 Å². The van der Waals surface area contributed by atoms with Crippen LogP contribution < -0.4 is 5.32 Å². The molecule has 1 aromatic carbocycles. The van der Waals surface area contributed by atoms with E-state index in [0.717, 1.165) is 11.3 Å². The van der Waals surface area contributed by atoms with E-state index in [1.165, 1.54) is 12.1 Å². The Kier molecular flexibility index (Phi) is 4.04. The summed E-state index contributed by atoms with van der Waals surface area (Å²) in [7, 11) is 0. The molecule has 2 nitrogen and oxygen atoms in total. The fourth-order valence-electron chi connectivity index (χ4n) is 1.64. The molecule has 2 aromatic rings. The highest BCUT2D eigenvalue weighted by Gasteiger charge is 2.10. The number of benzene rings is 1. The Hall–Kier alpha value is -1.32. The van der Waals surface area contributed by atoms with E-state index in [1.807, 2.05) is 13.0 Å². The molecule has 1 atom stereocenters. The zero-order valence-electron chi connectivity index (χ0n) is 9.62. The van der Waals surface area contributed by atoms with Gasteiger partial charge in [0.25, 0.3) is 0 Å². The molecular weight excluding hydrogens is 274 g/mol. The number of nitrogens with one attached hydrogen (secondary N) is 1. The predicted octanol–water partition coefficient (Wildman–Crippen LogP) is 4.70. The minimum Gasteiger partial charge on any atom is -0.377 e. The summed E-state index contributed by atoms with van der Waals surface area (Å²) in [5.74, 6) is -0.343. The lowest BCUT2D eigenvalue weighted by Gasteiger charge is -2.16. The van der Waals surface area contributed by atoms with Crippen LogP contribution in [0.15, 0.2) is 36.5 Å². The Labute approximate surface area is 115 Å². The van der Waals surface area contributed by atoms with Gasteiger partial charge in [0.05, 0.1) is 17.9 Å². The standard InChI is InChI=1S/C13H11Cl2FN2/c1-8(11-4-2-9(16)6-12(11)14)18-10-3-5-13(15)17-7-10/h2-8,18H,1H3. The molecule has 5 heteroatoms. The summed E-state index contributed by atoms with van der Waals surface area (Å²) in [6.07, 6.45) is 1.64. The number of anilines is 1. The van der Waals surface area contributed by atoms with Crippen LogP contribution in [-0.4, -0.2) is 4.98 Å². The molecule has 0 spiro atoms. The van der Waals surface area contributed by atoms with E-state index in [-0.39, 0.29) is 11.9 Å². The first kappa shape index (κ1) is 13.1. The van der Waals surface area contributed by atoms with E-state index < -0.39 is 0 Å². The topological polar surface area (TPSA) is 24.9 Å². The largest absolute Gasteiger partial charge is 0.377 e. The average Bonchev–Trinajstić information content (AvgIpc) is 2.32. The van der Waals surface area contributed by atoms with E-state index >= 15 is 0 Å². The van der Waals surface area contributed by atoms with Crippen LogP contribution in [0.4, 0.5) is 10.1 Å². The normalized spacial score (nSPS) is 12.2. The minimum atomic E-state index is -0.343. The average molecular weight is 285 g/mol. The van der Waals surface area contributed by atoms with Crippen molar-refractivity contribution in [2.24, 2.45) is 0 Å². The lowest BCUT2D eigenvalue weighted by atomic mass is 10.1. The smallest absolute Gasteiger partial charge is 0.129 e. The predicted molar refractivity (Wildman–Crippen MR) is 72.7 cm³/mol. The number of nitrogens with zero attached hydrogens (tertiary/aromatic N) is 1. The van der Waals surface area contributed by atoms with E-state index in [1.54, 1.807) is 18.3 Å². The molecule has 0 saturated carbocycles. The molecular formula is C13H11Cl2FN2. The Morgan fingerprint density at radius 1 is 1.22 bits per heavy atom. The van der Waals surface area contributed by atoms with Gasteiger partial charge in [-0.15, -0.1) is 0 Å². The molecule has 0 saturated heterocycles.